The second-order valence-electron chi connectivity index (χ2n) is 12.3. The fourth-order valence-electron chi connectivity index (χ4n) is 6.25. The number of nitrogens with zero attached hydrogens (tertiary/aromatic N) is 4. The summed E-state index contributed by atoms with van der Waals surface area (Å²) in [5, 5.41) is 24.2. The maximum absolute atomic E-state index is 12.0. The van der Waals surface area contributed by atoms with Crippen molar-refractivity contribution in [3.05, 3.63) is 143 Å². The number of hydrogen-bond acceptors (Lipinski definition) is 10. The van der Waals surface area contributed by atoms with Gasteiger partial charge in [-0.2, -0.15) is 0 Å². The molecule has 0 spiro atoms. The molecule has 13 heteroatoms. The molecular formula is C40H38ClN6O4PS. The van der Waals surface area contributed by atoms with Gasteiger partial charge in [0.1, 0.15) is 5.69 Å². The largest absolute Gasteiger partial charge is 0.379 e. The maximum atomic E-state index is 12.0. The lowest BCUT2D eigenvalue weighted by molar-refractivity contribution is -0.383. The van der Waals surface area contributed by atoms with Crippen LogP contribution in [-0.4, -0.2) is 55.7 Å². The normalized spacial score (nSPS) is 13.5. The van der Waals surface area contributed by atoms with Crippen molar-refractivity contribution in [2.75, 3.05) is 65.8 Å². The Morgan fingerprint density at radius 2 is 1.60 bits per heavy atom. The Kier molecular flexibility index (Phi) is 11.8. The molecule has 1 aliphatic heterocycles. The zero-order chi connectivity index (χ0) is 36.6. The molecule has 1 aliphatic rings. The second-order valence-corrected chi connectivity index (χ2v) is 15.6. The molecule has 1 fully saturated rings. The molecule has 53 heavy (non-hydrogen) atoms. The van der Waals surface area contributed by atoms with Crippen LogP contribution in [0, 0.1) is 10.1 Å². The van der Waals surface area contributed by atoms with Gasteiger partial charge in [0.15, 0.2) is 14.1 Å². The number of hydrogen-bond donors (Lipinski definition) is 2. The van der Waals surface area contributed by atoms with Crippen LogP contribution in [0.15, 0.2) is 137 Å². The number of benzene rings is 5. The van der Waals surface area contributed by atoms with Crippen LogP contribution >= 0.6 is 31.7 Å². The molecular weight excluding hydrogens is 727 g/mol. The predicted octanol–water partition coefficient (Wildman–Crippen LogP) is 9.80. The van der Waals surface area contributed by atoms with E-state index >= 15 is 0 Å². The van der Waals surface area contributed by atoms with Crippen molar-refractivity contribution in [3.63, 3.8) is 0 Å². The van der Waals surface area contributed by atoms with Gasteiger partial charge in [0.05, 0.1) is 11.1 Å². The first-order chi connectivity index (χ1) is 25.9. The molecule has 6 aromatic rings. The van der Waals surface area contributed by atoms with E-state index in [1.54, 1.807) is 37.2 Å². The monoisotopic (exact) mass is 764 g/mol. The van der Waals surface area contributed by atoms with Crippen molar-refractivity contribution in [2.24, 2.45) is 0 Å². The zero-order valence-corrected chi connectivity index (χ0v) is 31.5. The highest BCUT2D eigenvalue weighted by molar-refractivity contribution is 7.99. The number of thioether (sulfide) groups is 1. The first-order valence-corrected chi connectivity index (χ1v) is 19.8. The van der Waals surface area contributed by atoms with Crippen molar-refractivity contribution in [3.8, 4) is 22.5 Å². The van der Waals surface area contributed by atoms with E-state index < -0.39 is 8.30 Å². The lowest BCUT2D eigenvalue weighted by Gasteiger charge is -2.37. The van der Waals surface area contributed by atoms with Crippen LogP contribution in [-0.2, 0) is 4.52 Å². The highest BCUT2D eigenvalue weighted by atomic mass is 35.5. The minimum Gasteiger partial charge on any atom is -0.379 e. The Balaban J connectivity index is 0.944. The summed E-state index contributed by atoms with van der Waals surface area (Å²) in [6.07, 6.45) is 1.77. The molecule has 1 saturated heterocycles. The van der Waals surface area contributed by atoms with Gasteiger partial charge >= 0.3 is 0 Å². The van der Waals surface area contributed by atoms with E-state index in [1.165, 1.54) is 4.90 Å². The maximum Gasteiger partial charge on any atom is 0.293 e. The molecule has 0 radical (unpaired) electrons. The number of aromatic nitrogens is 1. The summed E-state index contributed by atoms with van der Waals surface area (Å²) in [7, 11) is 0.276. The van der Waals surface area contributed by atoms with E-state index in [-0.39, 0.29) is 10.6 Å². The molecule has 1 unspecified atom stereocenters. The third-order valence-electron chi connectivity index (χ3n) is 8.97. The van der Waals surface area contributed by atoms with Gasteiger partial charge in [-0.15, -0.1) is 11.8 Å². The first-order valence-electron chi connectivity index (χ1n) is 17.2. The van der Waals surface area contributed by atoms with Crippen molar-refractivity contribution < 1.29 is 14.0 Å². The Bertz CT molecular complexity index is 2130. The second kappa shape index (κ2) is 17.2. The number of anilines is 4. The predicted molar refractivity (Wildman–Crippen MR) is 219 cm³/mol. The van der Waals surface area contributed by atoms with Crippen molar-refractivity contribution in [1.29, 1.82) is 0 Å². The van der Waals surface area contributed by atoms with Crippen molar-refractivity contribution >= 4 is 65.4 Å². The Morgan fingerprint density at radius 1 is 0.868 bits per heavy atom. The topological polar surface area (TPSA) is 109 Å². The minimum atomic E-state index is -1.34. The van der Waals surface area contributed by atoms with Crippen LogP contribution < -0.4 is 25.5 Å². The van der Waals surface area contributed by atoms with Crippen molar-refractivity contribution in [1.82, 2.24) is 5.16 Å². The summed E-state index contributed by atoms with van der Waals surface area (Å²) in [5.74, 6) is 1.50. The third kappa shape index (κ3) is 8.95. The summed E-state index contributed by atoms with van der Waals surface area (Å²) >= 11 is 7.80. The minimum absolute atomic E-state index is 0.0287. The molecule has 5 aromatic carbocycles. The van der Waals surface area contributed by atoms with Gasteiger partial charge in [0.2, 0.25) is 0 Å². The molecule has 0 bridgehead atoms. The average molecular weight is 765 g/mol. The Labute approximate surface area is 319 Å². The van der Waals surface area contributed by atoms with Gasteiger partial charge in [-0.1, -0.05) is 47.1 Å². The zero-order valence-electron chi connectivity index (χ0n) is 29.0. The van der Waals surface area contributed by atoms with Gasteiger partial charge in [0, 0.05) is 95.1 Å². The van der Waals surface area contributed by atoms with E-state index in [4.69, 9.17) is 20.6 Å². The lowest BCUT2D eigenvalue weighted by Crippen LogP contribution is -2.46. The summed E-state index contributed by atoms with van der Waals surface area (Å²) < 4.78 is 11.5. The van der Waals surface area contributed by atoms with E-state index in [9.17, 15) is 10.1 Å². The standard InChI is InChI=1S/C40H38ClN6O4PS/c1-50-52(35-18-19-38(39(27-35)47(48)49)42-20-25-53-36-8-3-2-4-9-36)44-32-14-16-33(17-15-32)45-21-23-46(24-22-45)34-7-5-6-30(26-34)37-28-43-51-40(37)29-10-12-31(41)13-11-29/h2-19,26-28,42,44H,20-25H2,1H3. The molecule has 1 aromatic heterocycles. The number of nitro benzene ring substituents is 1. The molecule has 2 heterocycles. The molecule has 0 amide bonds. The smallest absolute Gasteiger partial charge is 0.293 e. The molecule has 0 aliphatic carbocycles. The summed E-state index contributed by atoms with van der Waals surface area (Å²) in [6, 6.07) is 39.7. The van der Waals surface area contributed by atoms with Crippen LogP contribution in [0.5, 0.6) is 0 Å². The van der Waals surface area contributed by atoms with Crippen LogP contribution in [0.3, 0.4) is 0 Å². The average Bonchev–Trinajstić information content (AvgIpc) is 3.70. The van der Waals surface area contributed by atoms with Crippen LogP contribution in [0.2, 0.25) is 5.02 Å². The van der Waals surface area contributed by atoms with E-state index in [0.717, 1.165) is 76.7 Å². The molecule has 10 nitrogen and oxygen atoms in total. The summed E-state index contributed by atoms with van der Waals surface area (Å²) in [6.45, 7) is 4.10. The molecule has 1 atom stereocenters. The fourth-order valence-corrected chi connectivity index (χ4v) is 8.43. The van der Waals surface area contributed by atoms with Gasteiger partial charge in [-0.05, 0) is 90.5 Å². The SMILES string of the molecule is COP(Nc1ccc(N2CCN(c3cccc(-c4cnoc4-c4ccc(Cl)cc4)c3)CC2)cc1)c1ccc(NCCSc2ccccc2)c([N+](=O)[O-])c1. The summed E-state index contributed by atoms with van der Waals surface area (Å²) in [5.41, 5.74) is 6.61. The first kappa shape index (κ1) is 36.3. The Morgan fingerprint density at radius 3 is 2.32 bits per heavy atom. The van der Waals surface area contributed by atoms with Gasteiger partial charge in [-0.3, -0.25) is 10.1 Å². The van der Waals surface area contributed by atoms with Gasteiger partial charge < -0.3 is 29.3 Å². The number of rotatable bonds is 14. The number of nitrogens with one attached hydrogen (secondary N) is 2. The van der Waals surface area contributed by atoms with Gasteiger partial charge in [-0.25, -0.2) is 0 Å². The Hall–Kier alpha value is -5.06. The summed E-state index contributed by atoms with van der Waals surface area (Å²) in [4.78, 5) is 17.6. The van der Waals surface area contributed by atoms with Gasteiger partial charge in [0.25, 0.3) is 5.69 Å². The lowest BCUT2D eigenvalue weighted by atomic mass is 10.0. The molecule has 7 rings (SSSR count). The van der Waals surface area contributed by atoms with E-state index in [1.807, 2.05) is 60.7 Å². The third-order valence-corrected chi connectivity index (χ3v) is 11.8. The number of piperazine rings is 1. The number of halogens is 1. The van der Waals surface area contributed by atoms with Crippen LogP contribution in [0.25, 0.3) is 22.5 Å². The van der Waals surface area contributed by atoms with Crippen molar-refractivity contribution in [2.45, 2.75) is 4.90 Å². The highest BCUT2D eigenvalue weighted by Gasteiger charge is 2.22. The van der Waals surface area contributed by atoms with Crippen LogP contribution in [0.1, 0.15) is 0 Å². The van der Waals surface area contributed by atoms with E-state index in [0.29, 0.717) is 17.3 Å². The highest BCUT2D eigenvalue weighted by Crippen LogP contribution is 2.39. The fraction of sp³-hybridized carbons (Fsp3) is 0.175. The number of nitro groups is 1. The van der Waals surface area contributed by atoms with E-state index in [2.05, 4.69) is 73.9 Å². The molecule has 0 saturated carbocycles. The van der Waals surface area contributed by atoms with Crippen LogP contribution in [0.4, 0.5) is 28.4 Å². The molecule has 2 N–H and O–H groups in total. The molecule has 270 valence electrons. The quantitative estimate of drug-likeness (QED) is 0.0366.